The molecule has 0 saturated carbocycles. The molecule has 3 aromatic rings. The van der Waals surface area contributed by atoms with E-state index in [1.807, 2.05) is 0 Å². The van der Waals surface area contributed by atoms with E-state index in [0.29, 0.717) is 45.1 Å². The van der Waals surface area contributed by atoms with E-state index in [9.17, 15) is 14.4 Å². The zero-order valence-corrected chi connectivity index (χ0v) is 20.9. The van der Waals surface area contributed by atoms with E-state index >= 15 is 0 Å². The van der Waals surface area contributed by atoms with Gasteiger partial charge in [0, 0.05) is 10.7 Å². The van der Waals surface area contributed by atoms with Gasteiger partial charge >= 0.3 is 11.8 Å². The van der Waals surface area contributed by atoms with Crippen LogP contribution in [0.1, 0.15) is 5.56 Å². The summed E-state index contributed by atoms with van der Waals surface area (Å²) < 4.78 is 10.8. The van der Waals surface area contributed by atoms with Crippen LogP contribution >= 0.6 is 23.2 Å². The minimum absolute atomic E-state index is 0.234. The molecular weight excluding hydrogens is 519 g/mol. The molecule has 37 heavy (non-hydrogen) atoms. The number of ether oxygens (including phenoxy) is 2. The van der Waals surface area contributed by atoms with Crippen LogP contribution in [-0.2, 0) is 14.4 Å². The smallest absolute Gasteiger partial charge is 0.329 e. The topological polar surface area (TPSA) is 118 Å². The Balaban J connectivity index is 1.42. The molecule has 0 spiro atoms. The van der Waals surface area contributed by atoms with Crippen molar-refractivity contribution < 1.29 is 23.9 Å². The lowest BCUT2D eigenvalue weighted by molar-refractivity contribution is -0.136. The molecule has 0 heterocycles. The number of carbonyl (C=O) groups is 3. The minimum Gasteiger partial charge on any atom is -0.490 e. The standard InChI is InChI=1S/C26H22Cl2N4O5/c1-2-13-36-20-10-6-19(7-11-20)30-25(34)26(35)32-29-15-17-3-8-21(9-4-17)37-16-24(33)31-23-12-5-18(27)14-22(23)28/h2-12,14-15H,1,13,16H2,(H,30,34)(H,31,33)(H,32,35)/b29-15-. The van der Waals surface area contributed by atoms with Gasteiger partial charge in [-0.3, -0.25) is 14.4 Å². The van der Waals surface area contributed by atoms with Crippen LogP contribution < -0.4 is 25.5 Å². The maximum atomic E-state index is 12.1. The molecule has 0 fully saturated rings. The minimum atomic E-state index is -0.935. The van der Waals surface area contributed by atoms with Crippen LogP contribution in [0, 0.1) is 0 Å². The lowest BCUT2D eigenvalue weighted by Gasteiger charge is -2.09. The van der Waals surface area contributed by atoms with Crippen molar-refractivity contribution in [1.29, 1.82) is 0 Å². The first-order valence-electron chi connectivity index (χ1n) is 10.8. The molecule has 0 aromatic heterocycles. The average Bonchev–Trinajstić information content (AvgIpc) is 2.89. The van der Waals surface area contributed by atoms with Gasteiger partial charge < -0.3 is 20.1 Å². The molecular formula is C26H22Cl2N4O5. The highest BCUT2D eigenvalue weighted by Gasteiger charge is 2.13. The second-order valence-electron chi connectivity index (χ2n) is 7.31. The predicted octanol–water partition coefficient (Wildman–Crippen LogP) is 4.66. The number of hydrogen-bond acceptors (Lipinski definition) is 6. The van der Waals surface area contributed by atoms with E-state index in [4.69, 9.17) is 32.7 Å². The number of anilines is 2. The van der Waals surface area contributed by atoms with E-state index in [2.05, 4.69) is 27.7 Å². The normalized spacial score (nSPS) is 10.4. The molecule has 0 saturated heterocycles. The number of halogens is 2. The molecule has 3 N–H and O–H groups in total. The molecule has 0 aliphatic rings. The third kappa shape index (κ3) is 8.99. The first kappa shape index (κ1) is 27.3. The van der Waals surface area contributed by atoms with Crippen LogP contribution in [0.15, 0.2) is 84.5 Å². The highest BCUT2D eigenvalue weighted by atomic mass is 35.5. The van der Waals surface area contributed by atoms with Crippen LogP contribution in [0.2, 0.25) is 10.0 Å². The molecule has 3 rings (SSSR count). The number of nitrogens with zero attached hydrogens (tertiary/aromatic N) is 1. The van der Waals surface area contributed by atoms with Crippen LogP contribution in [-0.4, -0.2) is 37.1 Å². The van der Waals surface area contributed by atoms with Crippen molar-refractivity contribution in [3.05, 3.63) is 95.0 Å². The summed E-state index contributed by atoms with van der Waals surface area (Å²) in [5.74, 6) is -1.16. The van der Waals surface area contributed by atoms with Gasteiger partial charge in [0.05, 0.1) is 16.9 Å². The molecule has 0 radical (unpaired) electrons. The summed E-state index contributed by atoms with van der Waals surface area (Å²) in [5, 5.41) is 9.65. The van der Waals surface area contributed by atoms with Crippen LogP contribution in [0.25, 0.3) is 0 Å². The van der Waals surface area contributed by atoms with Crippen molar-refractivity contribution in [2.75, 3.05) is 23.8 Å². The van der Waals surface area contributed by atoms with E-state index in [1.165, 1.54) is 12.3 Å². The molecule has 11 heteroatoms. The summed E-state index contributed by atoms with van der Waals surface area (Å²) in [7, 11) is 0. The molecule has 3 aromatic carbocycles. The highest BCUT2D eigenvalue weighted by molar-refractivity contribution is 6.39. The van der Waals surface area contributed by atoms with E-state index in [1.54, 1.807) is 66.7 Å². The second-order valence-corrected chi connectivity index (χ2v) is 8.15. The fraction of sp³-hybridized carbons (Fsp3) is 0.0769. The van der Waals surface area contributed by atoms with Crippen LogP contribution in [0.5, 0.6) is 11.5 Å². The Kier molecular flexibility index (Phi) is 10.1. The molecule has 3 amide bonds. The van der Waals surface area contributed by atoms with Crippen molar-refractivity contribution in [3.63, 3.8) is 0 Å². The number of nitrogens with one attached hydrogen (secondary N) is 3. The number of benzene rings is 3. The van der Waals surface area contributed by atoms with Crippen molar-refractivity contribution in [2.45, 2.75) is 0 Å². The Bertz CT molecular complexity index is 1300. The molecule has 190 valence electrons. The fourth-order valence-corrected chi connectivity index (χ4v) is 3.23. The van der Waals surface area contributed by atoms with Gasteiger partial charge in [-0.05, 0) is 72.3 Å². The van der Waals surface area contributed by atoms with Crippen molar-refractivity contribution in [1.82, 2.24) is 5.43 Å². The lowest BCUT2D eigenvalue weighted by atomic mass is 10.2. The average molecular weight is 541 g/mol. The van der Waals surface area contributed by atoms with Gasteiger partial charge in [-0.1, -0.05) is 35.9 Å². The maximum Gasteiger partial charge on any atom is 0.329 e. The first-order chi connectivity index (χ1) is 17.8. The summed E-state index contributed by atoms with van der Waals surface area (Å²) in [6.45, 7) is 3.69. The van der Waals surface area contributed by atoms with E-state index in [0.717, 1.165) is 0 Å². The molecule has 0 atom stereocenters. The van der Waals surface area contributed by atoms with Crippen molar-refractivity contribution >= 4 is 58.5 Å². The fourth-order valence-electron chi connectivity index (χ4n) is 2.77. The van der Waals surface area contributed by atoms with Gasteiger partial charge in [0.2, 0.25) is 0 Å². The van der Waals surface area contributed by atoms with Crippen molar-refractivity contribution in [3.8, 4) is 11.5 Å². The summed E-state index contributed by atoms with van der Waals surface area (Å²) in [6, 6.07) is 17.8. The Morgan fingerprint density at radius 3 is 2.22 bits per heavy atom. The Labute approximate surface area is 223 Å². The predicted molar refractivity (Wildman–Crippen MR) is 144 cm³/mol. The molecule has 0 bridgehead atoms. The Hall–Kier alpha value is -4.34. The lowest BCUT2D eigenvalue weighted by Crippen LogP contribution is -2.32. The maximum absolute atomic E-state index is 12.1. The van der Waals surface area contributed by atoms with E-state index in [-0.39, 0.29) is 6.61 Å². The van der Waals surface area contributed by atoms with Gasteiger partial charge in [-0.15, -0.1) is 0 Å². The molecule has 0 unspecified atom stereocenters. The molecule has 9 nitrogen and oxygen atoms in total. The number of hydrogen-bond donors (Lipinski definition) is 3. The largest absolute Gasteiger partial charge is 0.490 e. The van der Waals surface area contributed by atoms with E-state index < -0.39 is 17.7 Å². The summed E-state index contributed by atoms with van der Waals surface area (Å²) in [4.78, 5) is 36.1. The summed E-state index contributed by atoms with van der Waals surface area (Å²) in [6.07, 6.45) is 2.97. The SMILES string of the molecule is C=CCOc1ccc(NC(=O)C(=O)N/N=C\c2ccc(OCC(=O)Nc3ccc(Cl)cc3Cl)cc2)cc1. The van der Waals surface area contributed by atoms with Gasteiger partial charge in [0.1, 0.15) is 18.1 Å². The third-order valence-electron chi connectivity index (χ3n) is 4.52. The van der Waals surface area contributed by atoms with Gasteiger partial charge in [0.15, 0.2) is 6.61 Å². The number of hydrazone groups is 1. The van der Waals surface area contributed by atoms with Crippen molar-refractivity contribution in [2.24, 2.45) is 5.10 Å². The van der Waals surface area contributed by atoms with Crippen LogP contribution in [0.4, 0.5) is 11.4 Å². The quantitative estimate of drug-likeness (QED) is 0.149. The zero-order valence-electron chi connectivity index (χ0n) is 19.4. The highest BCUT2D eigenvalue weighted by Crippen LogP contribution is 2.25. The van der Waals surface area contributed by atoms with Gasteiger partial charge in [-0.2, -0.15) is 5.10 Å². The Morgan fingerprint density at radius 2 is 1.54 bits per heavy atom. The first-order valence-corrected chi connectivity index (χ1v) is 11.6. The summed E-state index contributed by atoms with van der Waals surface area (Å²) >= 11 is 11.9. The second kappa shape index (κ2) is 13.7. The van der Waals surface area contributed by atoms with Crippen LogP contribution in [0.3, 0.4) is 0 Å². The number of rotatable bonds is 10. The monoisotopic (exact) mass is 540 g/mol. The summed E-state index contributed by atoms with van der Waals surface area (Å²) in [5.41, 5.74) is 3.63. The number of amides is 3. The molecule has 0 aliphatic carbocycles. The van der Waals surface area contributed by atoms with Gasteiger partial charge in [-0.25, -0.2) is 5.43 Å². The third-order valence-corrected chi connectivity index (χ3v) is 5.07. The number of carbonyl (C=O) groups excluding carboxylic acids is 3. The molecule has 0 aliphatic heterocycles. The Morgan fingerprint density at radius 1 is 0.865 bits per heavy atom. The zero-order chi connectivity index (χ0) is 26.6. The van der Waals surface area contributed by atoms with Gasteiger partial charge in [0.25, 0.3) is 5.91 Å².